The van der Waals surface area contributed by atoms with Crippen LogP contribution in [-0.2, 0) is 6.54 Å². The quantitative estimate of drug-likeness (QED) is 0.835. The van der Waals surface area contributed by atoms with Crippen LogP contribution in [-0.4, -0.2) is 37.3 Å². The van der Waals surface area contributed by atoms with E-state index < -0.39 is 0 Å². The summed E-state index contributed by atoms with van der Waals surface area (Å²) in [6.45, 7) is 7.64. The first kappa shape index (κ1) is 17.2. The van der Waals surface area contributed by atoms with E-state index in [9.17, 15) is 0 Å². The summed E-state index contributed by atoms with van der Waals surface area (Å²) in [5.74, 6) is 0. The molecule has 104 valence electrons. The number of anilines is 1. The molecule has 0 fully saturated rings. The van der Waals surface area contributed by atoms with Gasteiger partial charge in [0.15, 0.2) is 0 Å². The second kappa shape index (κ2) is 10.2. The van der Waals surface area contributed by atoms with Crippen molar-refractivity contribution in [2.24, 2.45) is 0 Å². The molecule has 0 heterocycles. The SMILES string of the molecule is CCCN(CC)Cc1ccc(Cl)c(NC)c1.CO. The van der Waals surface area contributed by atoms with E-state index in [0.29, 0.717) is 0 Å². The summed E-state index contributed by atoms with van der Waals surface area (Å²) >= 11 is 6.05. The number of benzene rings is 1. The Morgan fingerprint density at radius 2 is 1.94 bits per heavy atom. The van der Waals surface area contributed by atoms with E-state index in [4.69, 9.17) is 16.7 Å². The summed E-state index contributed by atoms with van der Waals surface area (Å²) in [5, 5.41) is 10.9. The van der Waals surface area contributed by atoms with Gasteiger partial charge < -0.3 is 10.4 Å². The topological polar surface area (TPSA) is 35.5 Å². The van der Waals surface area contributed by atoms with Crippen molar-refractivity contribution in [2.45, 2.75) is 26.8 Å². The number of hydrogen-bond acceptors (Lipinski definition) is 3. The van der Waals surface area contributed by atoms with Crippen LogP contribution in [0.1, 0.15) is 25.8 Å². The molecule has 0 spiro atoms. The Morgan fingerprint density at radius 3 is 2.44 bits per heavy atom. The van der Waals surface area contributed by atoms with Gasteiger partial charge in [-0.3, -0.25) is 4.90 Å². The van der Waals surface area contributed by atoms with Crippen molar-refractivity contribution in [3.8, 4) is 0 Å². The van der Waals surface area contributed by atoms with Crippen LogP contribution in [0.3, 0.4) is 0 Å². The molecule has 0 aliphatic rings. The minimum absolute atomic E-state index is 0.782. The minimum atomic E-state index is 0.782. The standard InChI is InChI=1S/C13H21ClN2.CH4O/c1-4-8-16(5-2)10-11-6-7-12(14)13(9-11)15-3;1-2/h6-7,9,15H,4-5,8,10H2,1-3H3;2H,1H3. The molecule has 1 aromatic carbocycles. The van der Waals surface area contributed by atoms with E-state index in [1.807, 2.05) is 13.1 Å². The molecule has 3 nitrogen and oxygen atoms in total. The van der Waals surface area contributed by atoms with E-state index >= 15 is 0 Å². The molecular weight excluding hydrogens is 248 g/mol. The molecule has 2 N–H and O–H groups in total. The molecular formula is C14H25ClN2O. The average Bonchev–Trinajstić information content (AvgIpc) is 2.42. The number of rotatable bonds is 6. The van der Waals surface area contributed by atoms with Crippen LogP contribution in [0.2, 0.25) is 5.02 Å². The van der Waals surface area contributed by atoms with E-state index in [1.54, 1.807) is 0 Å². The van der Waals surface area contributed by atoms with Crippen LogP contribution >= 0.6 is 11.6 Å². The first-order valence-electron chi connectivity index (χ1n) is 6.34. The highest BCUT2D eigenvalue weighted by atomic mass is 35.5. The van der Waals surface area contributed by atoms with Crippen LogP contribution in [0.4, 0.5) is 5.69 Å². The van der Waals surface area contributed by atoms with Crippen molar-refractivity contribution in [3.63, 3.8) is 0 Å². The average molecular weight is 273 g/mol. The second-order valence-electron chi connectivity index (χ2n) is 3.93. The molecule has 0 aromatic heterocycles. The number of aliphatic hydroxyl groups is 1. The number of aliphatic hydroxyl groups excluding tert-OH is 1. The molecule has 18 heavy (non-hydrogen) atoms. The lowest BCUT2D eigenvalue weighted by molar-refractivity contribution is 0.280. The van der Waals surface area contributed by atoms with Crippen molar-refractivity contribution in [1.29, 1.82) is 0 Å². The Morgan fingerprint density at radius 1 is 1.28 bits per heavy atom. The normalized spacial score (nSPS) is 9.94. The van der Waals surface area contributed by atoms with Crippen molar-refractivity contribution >= 4 is 17.3 Å². The molecule has 1 rings (SSSR count). The van der Waals surface area contributed by atoms with Gasteiger partial charge in [-0.25, -0.2) is 0 Å². The summed E-state index contributed by atoms with van der Waals surface area (Å²) in [4.78, 5) is 2.43. The summed E-state index contributed by atoms with van der Waals surface area (Å²) < 4.78 is 0. The third-order valence-corrected chi connectivity index (χ3v) is 3.02. The molecule has 0 unspecified atom stereocenters. The summed E-state index contributed by atoms with van der Waals surface area (Å²) in [6.07, 6.45) is 1.19. The van der Waals surface area contributed by atoms with E-state index in [-0.39, 0.29) is 0 Å². The van der Waals surface area contributed by atoms with Crippen LogP contribution in [0.25, 0.3) is 0 Å². The lowest BCUT2D eigenvalue weighted by Crippen LogP contribution is -2.23. The predicted octanol–water partition coefficient (Wildman–Crippen LogP) is 3.22. The summed E-state index contributed by atoms with van der Waals surface area (Å²) in [6, 6.07) is 6.19. The van der Waals surface area contributed by atoms with Gasteiger partial charge in [-0.15, -0.1) is 0 Å². The third kappa shape index (κ3) is 5.71. The number of halogens is 1. The Kier molecular flexibility index (Phi) is 9.74. The van der Waals surface area contributed by atoms with Crippen LogP contribution in [0.5, 0.6) is 0 Å². The van der Waals surface area contributed by atoms with Gasteiger partial charge in [0, 0.05) is 20.7 Å². The van der Waals surface area contributed by atoms with Crippen LogP contribution in [0.15, 0.2) is 18.2 Å². The van der Waals surface area contributed by atoms with Crippen LogP contribution in [0, 0.1) is 0 Å². The smallest absolute Gasteiger partial charge is 0.0637 e. The Hall–Kier alpha value is -0.770. The third-order valence-electron chi connectivity index (χ3n) is 2.69. The zero-order chi connectivity index (χ0) is 14.0. The highest BCUT2D eigenvalue weighted by molar-refractivity contribution is 6.33. The van der Waals surface area contributed by atoms with Crippen molar-refractivity contribution in [2.75, 3.05) is 32.6 Å². The van der Waals surface area contributed by atoms with Gasteiger partial charge in [0.25, 0.3) is 0 Å². The zero-order valence-electron chi connectivity index (χ0n) is 11.8. The largest absolute Gasteiger partial charge is 0.400 e. The lowest BCUT2D eigenvalue weighted by atomic mass is 10.2. The molecule has 0 atom stereocenters. The van der Waals surface area contributed by atoms with Crippen molar-refractivity contribution in [1.82, 2.24) is 4.90 Å². The fourth-order valence-electron chi connectivity index (χ4n) is 1.79. The van der Waals surface area contributed by atoms with E-state index in [2.05, 4.69) is 36.2 Å². The highest BCUT2D eigenvalue weighted by Crippen LogP contribution is 2.23. The number of nitrogens with zero attached hydrogens (tertiary/aromatic N) is 1. The molecule has 0 amide bonds. The monoisotopic (exact) mass is 272 g/mol. The van der Waals surface area contributed by atoms with Gasteiger partial charge in [0.05, 0.1) is 10.7 Å². The summed E-state index contributed by atoms with van der Waals surface area (Å²) in [7, 11) is 2.90. The Bertz CT molecular complexity index is 332. The van der Waals surface area contributed by atoms with Gasteiger partial charge in [0.1, 0.15) is 0 Å². The number of nitrogens with one attached hydrogen (secondary N) is 1. The fourth-order valence-corrected chi connectivity index (χ4v) is 2.00. The molecule has 0 radical (unpaired) electrons. The molecule has 0 aliphatic carbocycles. The van der Waals surface area contributed by atoms with Gasteiger partial charge in [0.2, 0.25) is 0 Å². The Labute approximate surface area is 116 Å². The first-order valence-corrected chi connectivity index (χ1v) is 6.72. The van der Waals surface area contributed by atoms with E-state index in [0.717, 1.165) is 37.5 Å². The molecule has 4 heteroatoms. The molecule has 1 aromatic rings. The second-order valence-corrected chi connectivity index (χ2v) is 4.34. The maximum atomic E-state index is 7.00. The molecule has 0 bridgehead atoms. The highest BCUT2D eigenvalue weighted by Gasteiger charge is 2.04. The van der Waals surface area contributed by atoms with Crippen molar-refractivity contribution in [3.05, 3.63) is 28.8 Å². The molecule has 0 saturated heterocycles. The lowest BCUT2D eigenvalue weighted by Gasteiger charge is -2.20. The summed E-state index contributed by atoms with van der Waals surface area (Å²) in [5.41, 5.74) is 2.32. The molecule has 0 aliphatic heterocycles. The van der Waals surface area contributed by atoms with Gasteiger partial charge in [-0.05, 0) is 37.2 Å². The van der Waals surface area contributed by atoms with E-state index in [1.165, 1.54) is 12.0 Å². The first-order chi connectivity index (χ1) is 8.71. The van der Waals surface area contributed by atoms with Crippen molar-refractivity contribution < 1.29 is 5.11 Å². The fraction of sp³-hybridized carbons (Fsp3) is 0.571. The van der Waals surface area contributed by atoms with Gasteiger partial charge in [-0.1, -0.05) is 31.5 Å². The maximum absolute atomic E-state index is 7.00. The zero-order valence-corrected chi connectivity index (χ0v) is 12.6. The number of hydrogen-bond donors (Lipinski definition) is 2. The van der Waals surface area contributed by atoms with Gasteiger partial charge in [-0.2, -0.15) is 0 Å². The maximum Gasteiger partial charge on any atom is 0.0637 e. The van der Waals surface area contributed by atoms with Gasteiger partial charge >= 0.3 is 0 Å². The minimum Gasteiger partial charge on any atom is -0.400 e. The Balaban J connectivity index is 0.00000137. The molecule has 0 saturated carbocycles. The van der Waals surface area contributed by atoms with Crippen LogP contribution < -0.4 is 5.32 Å². The predicted molar refractivity (Wildman–Crippen MR) is 80.4 cm³/mol.